The van der Waals surface area contributed by atoms with E-state index in [4.69, 9.17) is 4.74 Å². The maximum atomic E-state index is 5.87. The number of benzene rings is 1. The van der Waals surface area contributed by atoms with Gasteiger partial charge in [-0.2, -0.15) is 0 Å². The molecule has 1 saturated heterocycles. The Morgan fingerprint density at radius 3 is 2.76 bits per heavy atom. The van der Waals surface area contributed by atoms with Gasteiger partial charge in [0.25, 0.3) is 0 Å². The molecule has 1 aliphatic rings. The summed E-state index contributed by atoms with van der Waals surface area (Å²) in [6, 6.07) is 8.41. The molecule has 0 aromatic heterocycles. The van der Waals surface area contributed by atoms with E-state index in [2.05, 4.69) is 44.3 Å². The number of para-hydroxylation sites is 1. The van der Waals surface area contributed by atoms with E-state index < -0.39 is 0 Å². The molecule has 1 atom stereocenters. The molecular weight excluding hydrogens is 210 g/mol. The molecule has 0 radical (unpaired) electrons. The van der Waals surface area contributed by atoms with Gasteiger partial charge in [0.1, 0.15) is 5.75 Å². The van der Waals surface area contributed by atoms with Gasteiger partial charge in [0.2, 0.25) is 0 Å². The van der Waals surface area contributed by atoms with Crippen LogP contribution < -0.4 is 10.1 Å². The minimum absolute atomic E-state index is 0.237. The summed E-state index contributed by atoms with van der Waals surface area (Å²) in [4.78, 5) is 0. The van der Waals surface area contributed by atoms with Crippen molar-refractivity contribution in [3.63, 3.8) is 0 Å². The maximum absolute atomic E-state index is 5.87. The van der Waals surface area contributed by atoms with Gasteiger partial charge < -0.3 is 10.1 Å². The van der Waals surface area contributed by atoms with Crippen LogP contribution in [0.1, 0.15) is 39.2 Å². The molecule has 1 heterocycles. The van der Waals surface area contributed by atoms with Crippen molar-refractivity contribution in [2.75, 3.05) is 6.54 Å². The summed E-state index contributed by atoms with van der Waals surface area (Å²) in [7, 11) is 0. The minimum atomic E-state index is 0.237. The average molecular weight is 233 g/mol. The lowest BCUT2D eigenvalue weighted by molar-refractivity contribution is 0.238. The fraction of sp³-hybridized carbons (Fsp3) is 0.600. The monoisotopic (exact) mass is 233 g/mol. The van der Waals surface area contributed by atoms with Gasteiger partial charge in [-0.25, -0.2) is 0 Å². The largest absolute Gasteiger partial charge is 0.491 e. The first-order chi connectivity index (χ1) is 8.09. The van der Waals surface area contributed by atoms with E-state index in [1.807, 2.05) is 6.07 Å². The maximum Gasteiger partial charge on any atom is 0.122 e. The van der Waals surface area contributed by atoms with Crippen LogP contribution in [0.3, 0.4) is 0 Å². The van der Waals surface area contributed by atoms with Crippen LogP contribution in [-0.2, 0) is 6.42 Å². The molecule has 1 aromatic rings. The van der Waals surface area contributed by atoms with Gasteiger partial charge in [-0.05, 0) is 58.2 Å². The number of ether oxygens (including phenoxy) is 1. The minimum Gasteiger partial charge on any atom is -0.491 e. The van der Waals surface area contributed by atoms with Crippen LogP contribution in [0.4, 0.5) is 0 Å². The Bertz CT molecular complexity index is 367. The molecule has 94 valence electrons. The summed E-state index contributed by atoms with van der Waals surface area (Å²) < 4.78 is 5.87. The Labute approximate surface area is 104 Å². The van der Waals surface area contributed by atoms with E-state index in [0.717, 1.165) is 18.7 Å². The molecule has 2 rings (SSSR count). The van der Waals surface area contributed by atoms with Crippen LogP contribution in [0, 0.1) is 0 Å². The topological polar surface area (TPSA) is 21.3 Å². The quantitative estimate of drug-likeness (QED) is 0.862. The normalized spacial score (nSPS) is 24.2. The first-order valence-electron chi connectivity index (χ1n) is 6.59. The van der Waals surface area contributed by atoms with Gasteiger partial charge in [0.05, 0.1) is 6.10 Å². The highest BCUT2D eigenvalue weighted by Gasteiger charge is 2.29. The molecule has 1 unspecified atom stereocenters. The molecule has 1 aromatic carbocycles. The summed E-state index contributed by atoms with van der Waals surface area (Å²) in [5.41, 5.74) is 1.56. The first kappa shape index (κ1) is 12.4. The second-order valence-corrected chi connectivity index (χ2v) is 5.54. The zero-order valence-electron chi connectivity index (χ0n) is 11.1. The summed E-state index contributed by atoms with van der Waals surface area (Å²) in [5.74, 6) is 1.04. The van der Waals surface area contributed by atoms with Gasteiger partial charge >= 0.3 is 0 Å². The second kappa shape index (κ2) is 5.09. The lowest BCUT2D eigenvalue weighted by atomic mass is 9.91. The van der Waals surface area contributed by atoms with E-state index in [-0.39, 0.29) is 11.6 Å². The molecule has 0 bridgehead atoms. The van der Waals surface area contributed by atoms with Crippen molar-refractivity contribution in [1.82, 2.24) is 5.32 Å². The predicted molar refractivity (Wildman–Crippen MR) is 71.6 cm³/mol. The summed E-state index contributed by atoms with van der Waals surface area (Å²) in [6.45, 7) is 7.61. The summed E-state index contributed by atoms with van der Waals surface area (Å²) in [5, 5.41) is 3.61. The van der Waals surface area contributed by atoms with Crippen LogP contribution in [0.5, 0.6) is 5.75 Å². The van der Waals surface area contributed by atoms with Crippen LogP contribution in [0.2, 0.25) is 0 Å². The molecule has 1 N–H and O–H groups in total. The summed E-state index contributed by atoms with van der Waals surface area (Å²) >= 11 is 0. The highest BCUT2D eigenvalue weighted by atomic mass is 16.5. The molecule has 17 heavy (non-hydrogen) atoms. The highest BCUT2D eigenvalue weighted by molar-refractivity contribution is 5.35. The third kappa shape index (κ3) is 3.22. The number of hydrogen-bond acceptors (Lipinski definition) is 2. The Morgan fingerprint density at radius 2 is 2.12 bits per heavy atom. The molecule has 0 spiro atoms. The van der Waals surface area contributed by atoms with E-state index in [1.54, 1.807) is 0 Å². The van der Waals surface area contributed by atoms with Crippen molar-refractivity contribution >= 4 is 0 Å². The molecule has 0 saturated carbocycles. The average Bonchev–Trinajstić information content (AvgIpc) is 2.67. The van der Waals surface area contributed by atoms with Gasteiger partial charge in [0, 0.05) is 5.54 Å². The fourth-order valence-electron chi connectivity index (χ4n) is 2.55. The van der Waals surface area contributed by atoms with Gasteiger partial charge in [-0.15, -0.1) is 0 Å². The first-order valence-corrected chi connectivity index (χ1v) is 6.59. The SMILES string of the molecule is CC(C)Oc1ccccc1CC1(C)CCCN1. The molecule has 1 aliphatic heterocycles. The predicted octanol–water partition coefficient (Wildman–Crippen LogP) is 3.16. The zero-order chi connectivity index (χ0) is 12.3. The van der Waals surface area contributed by atoms with Crippen molar-refractivity contribution in [1.29, 1.82) is 0 Å². The Hall–Kier alpha value is -1.02. The molecule has 0 amide bonds. The van der Waals surface area contributed by atoms with Crippen LogP contribution in [0.15, 0.2) is 24.3 Å². The van der Waals surface area contributed by atoms with Crippen LogP contribution in [0.25, 0.3) is 0 Å². The molecule has 2 heteroatoms. The van der Waals surface area contributed by atoms with E-state index in [9.17, 15) is 0 Å². The number of rotatable bonds is 4. The van der Waals surface area contributed by atoms with Crippen molar-refractivity contribution in [3.8, 4) is 5.75 Å². The third-order valence-corrected chi connectivity index (χ3v) is 3.37. The lowest BCUT2D eigenvalue weighted by Crippen LogP contribution is -2.38. The molecular formula is C15H23NO. The summed E-state index contributed by atoms with van der Waals surface area (Å²) in [6.07, 6.45) is 3.82. The van der Waals surface area contributed by atoms with Crippen molar-refractivity contribution < 1.29 is 4.74 Å². The van der Waals surface area contributed by atoms with Crippen LogP contribution in [-0.4, -0.2) is 18.2 Å². The van der Waals surface area contributed by atoms with Gasteiger partial charge in [0.15, 0.2) is 0 Å². The van der Waals surface area contributed by atoms with Gasteiger partial charge in [-0.3, -0.25) is 0 Å². The highest BCUT2D eigenvalue weighted by Crippen LogP contribution is 2.28. The van der Waals surface area contributed by atoms with Crippen LogP contribution >= 0.6 is 0 Å². The van der Waals surface area contributed by atoms with E-state index >= 15 is 0 Å². The molecule has 0 aliphatic carbocycles. The van der Waals surface area contributed by atoms with E-state index in [0.29, 0.717) is 0 Å². The lowest BCUT2D eigenvalue weighted by Gasteiger charge is -2.26. The van der Waals surface area contributed by atoms with E-state index in [1.165, 1.54) is 18.4 Å². The number of hydrogen-bond donors (Lipinski definition) is 1. The Kier molecular flexibility index (Phi) is 3.72. The molecule has 1 fully saturated rings. The standard InChI is InChI=1S/C15H23NO/c1-12(2)17-14-8-5-4-7-13(14)11-15(3)9-6-10-16-15/h4-5,7-8,12,16H,6,9-11H2,1-3H3. The Balaban J connectivity index is 2.14. The van der Waals surface area contributed by atoms with Crippen molar-refractivity contribution in [3.05, 3.63) is 29.8 Å². The van der Waals surface area contributed by atoms with Crippen molar-refractivity contribution in [2.45, 2.75) is 51.7 Å². The Morgan fingerprint density at radius 1 is 1.35 bits per heavy atom. The van der Waals surface area contributed by atoms with Crippen molar-refractivity contribution in [2.24, 2.45) is 0 Å². The van der Waals surface area contributed by atoms with Gasteiger partial charge in [-0.1, -0.05) is 18.2 Å². The zero-order valence-corrected chi connectivity index (χ0v) is 11.1. The fourth-order valence-corrected chi connectivity index (χ4v) is 2.55. The number of nitrogens with one attached hydrogen (secondary N) is 1. The second-order valence-electron chi connectivity index (χ2n) is 5.54. The molecule has 2 nitrogen and oxygen atoms in total. The smallest absolute Gasteiger partial charge is 0.122 e. The third-order valence-electron chi connectivity index (χ3n) is 3.37.